The first-order valence-corrected chi connectivity index (χ1v) is 4.88. The lowest BCUT2D eigenvalue weighted by Gasteiger charge is -2.06. The molecule has 10 heteroatoms. The maximum absolute atomic E-state index is 11.4. The standard InChI is InChI=1S/C10H8N2O8/c1-2-6-5-9(15)19-11-17-7(13)3-4-8(14)18-12-20-10(6)16/h2-5,11-12H,1H2/b4-3-,6-5-. The fraction of sp³-hybridized carbons (Fsp3) is 0. The summed E-state index contributed by atoms with van der Waals surface area (Å²) in [5.41, 5.74) is 2.83. The van der Waals surface area contributed by atoms with E-state index in [1.165, 1.54) is 0 Å². The zero-order chi connectivity index (χ0) is 15.0. The molecule has 1 aliphatic rings. The number of hydrogen-bond donors (Lipinski definition) is 2. The van der Waals surface area contributed by atoms with Crippen molar-refractivity contribution in [2.45, 2.75) is 0 Å². The van der Waals surface area contributed by atoms with E-state index in [-0.39, 0.29) is 5.57 Å². The molecular weight excluding hydrogens is 276 g/mol. The molecule has 0 atom stereocenters. The molecule has 106 valence electrons. The highest BCUT2D eigenvalue weighted by Gasteiger charge is 2.13. The molecule has 0 unspecified atom stereocenters. The Balaban J connectivity index is 2.83. The number of carbonyl (C=O) groups excluding carboxylic acids is 4. The van der Waals surface area contributed by atoms with Gasteiger partial charge in [0.25, 0.3) is 0 Å². The first-order valence-electron chi connectivity index (χ1n) is 4.88. The first kappa shape index (κ1) is 15.1. The Morgan fingerprint density at radius 3 is 1.90 bits per heavy atom. The number of rotatable bonds is 1. The summed E-state index contributed by atoms with van der Waals surface area (Å²) in [6.45, 7) is 3.27. The highest BCUT2D eigenvalue weighted by molar-refractivity contribution is 5.98. The smallest absolute Gasteiger partial charge is 0.331 e. The molecule has 0 aromatic rings. The summed E-state index contributed by atoms with van der Waals surface area (Å²) >= 11 is 0. The highest BCUT2D eigenvalue weighted by atomic mass is 16.9. The summed E-state index contributed by atoms with van der Waals surface area (Å²) in [7, 11) is 0. The predicted molar refractivity (Wildman–Crippen MR) is 58.1 cm³/mol. The summed E-state index contributed by atoms with van der Waals surface area (Å²) in [6, 6.07) is 0. The summed E-state index contributed by atoms with van der Waals surface area (Å²) < 4.78 is 0. The highest BCUT2D eigenvalue weighted by Crippen LogP contribution is 1.99. The average Bonchev–Trinajstić information content (AvgIpc) is 2.41. The largest absolute Gasteiger partial charge is 0.360 e. The van der Waals surface area contributed by atoms with Crippen LogP contribution in [0.25, 0.3) is 0 Å². The Kier molecular flexibility index (Phi) is 5.62. The van der Waals surface area contributed by atoms with Crippen LogP contribution >= 0.6 is 0 Å². The first-order chi connectivity index (χ1) is 9.52. The van der Waals surface area contributed by atoms with Gasteiger partial charge in [0.1, 0.15) is 0 Å². The van der Waals surface area contributed by atoms with Crippen LogP contribution in [0.5, 0.6) is 0 Å². The zero-order valence-corrected chi connectivity index (χ0v) is 9.78. The van der Waals surface area contributed by atoms with Crippen LogP contribution in [0.4, 0.5) is 0 Å². The molecule has 0 spiro atoms. The van der Waals surface area contributed by atoms with Gasteiger partial charge < -0.3 is 19.4 Å². The predicted octanol–water partition coefficient (Wildman–Crippen LogP) is -1.32. The van der Waals surface area contributed by atoms with Crippen molar-refractivity contribution in [3.8, 4) is 0 Å². The molecule has 0 bridgehead atoms. The SMILES string of the molecule is C=C/C1=C/C(=O)ONOC(=O)/C=C\C(=O)ONOC1=O. The van der Waals surface area contributed by atoms with Crippen LogP contribution in [-0.4, -0.2) is 23.9 Å². The fourth-order valence-electron chi connectivity index (χ4n) is 0.823. The summed E-state index contributed by atoms with van der Waals surface area (Å²) in [5, 5.41) is 0. The Morgan fingerprint density at radius 2 is 1.35 bits per heavy atom. The Labute approximate surface area is 111 Å². The normalized spacial score (nSPS) is 22.1. The van der Waals surface area contributed by atoms with Crippen LogP contribution in [0, 0.1) is 0 Å². The second-order valence-corrected chi connectivity index (χ2v) is 2.96. The van der Waals surface area contributed by atoms with E-state index in [4.69, 9.17) is 0 Å². The van der Waals surface area contributed by atoms with Crippen LogP contribution in [0.3, 0.4) is 0 Å². The van der Waals surface area contributed by atoms with Crippen LogP contribution in [-0.2, 0) is 38.5 Å². The van der Waals surface area contributed by atoms with Gasteiger partial charge in [-0.3, -0.25) is 0 Å². The lowest BCUT2D eigenvalue weighted by atomic mass is 10.2. The van der Waals surface area contributed by atoms with E-state index in [0.717, 1.165) is 6.08 Å². The fourth-order valence-corrected chi connectivity index (χ4v) is 0.823. The summed E-state index contributed by atoms with van der Waals surface area (Å²) in [4.78, 5) is 61.4. The van der Waals surface area contributed by atoms with Gasteiger partial charge in [-0.25, -0.2) is 19.2 Å². The van der Waals surface area contributed by atoms with E-state index in [1.807, 2.05) is 0 Å². The van der Waals surface area contributed by atoms with Crippen molar-refractivity contribution in [2.24, 2.45) is 0 Å². The van der Waals surface area contributed by atoms with Gasteiger partial charge >= 0.3 is 23.9 Å². The van der Waals surface area contributed by atoms with Crippen LogP contribution in [0.1, 0.15) is 0 Å². The van der Waals surface area contributed by atoms with E-state index in [1.54, 1.807) is 11.3 Å². The second kappa shape index (κ2) is 7.45. The maximum Gasteiger partial charge on any atom is 0.360 e. The lowest BCUT2D eigenvalue weighted by molar-refractivity contribution is -0.195. The Hall–Kier alpha value is -2.98. The second-order valence-electron chi connectivity index (χ2n) is 2.96. The molecular formula is C10H8N2O8. The molecule has 0 aliphatic carbocycles. The number of hydrogen-bond acceptors (Lipinski definition) is 10. The van der Waals surface area contributed by atoms with Gasteiger partial charge in [-0.05, 0) is 0 Å². The minimum atomic E-state index is -1.07. The van der Waals surface area contributed by atoms with E-state index in [9.17, 15) is 19.2 Å². The number of nitrogens with one attached hydrogen (secondary N) is 2. The Bertz CT molecular complexity index is 507. The molecule has 1 heterocycles. The van der Waals surface area contributed by atoms with E-state index in [0.29, 0.717) is 18.2 Å². The topological polar surface area (TPSA) is 129 Å². The zero-order valence-electron chi connectivity index (χ0n) is 9.78. The van der Waals surface area contributed by atoms with Crippen molar-refractivity contribution >= 4 is 23.9 Å². The van der Waals surface area contributed by atoms with Gasteiger partial charge in [0.15, 0.2) is 0 Å². The van der Waals surface area contributed by atoms with Crippen molar-refractivity contribution in [1.29, 1.82) is 0 Å². The van der Waals surface area contributed by atoms with Crippen LogP contribution < -0.4 is 11.3 Å². The molecule has 1 rings (SSSR count). The van der Waals surface area contributed by atoms with Gasteiger partial charge in [0.05, 0.1) is 5.57 Å². The van der Waals surface area contributed by atoms with Crippen molar-refractivity contribution in [3.63, 3.8) is 0 Å². The van der Waals surface area contributed by atoms with Gasteiger partial charge in [0, 0.05) is 29.5 Å². The molecule has 2 N–H and O–H groups in total. The monoisotopic (exact) mass is 284 g/mol. The van der Waals surface area contributed by atoms with Gasteiger partial charge in [-0.15, -0.1) is 0 Å². The average molecular weight is 284 g/mol. The molecule has 20 heavy (non-hydrogen) atoms. The molecule has 1 aliphatic heterocycles. The minimum Gasteiger partial charge on any atom is -0.331 e. The third kappa shape index (κ3) is 5.12. The molecule has 10 nitrogen and oxygen atoms in total. The Morgan fingerprint density at radius 1 is 0.850 bits per heavy atom. The maximum atomic E-state index is 11.4. The third-order valence-corrected chi connectivity index (χ3v) is 1.65. The molecule has 0 aromatic heterocycles. The van der Waals surface area contributed by atoms with Crippen molar-refractivity contribution in [1.82, 2.24) is 11.3 Å². The van der Waals surface area contributed by atoms with E-state index >= 15 is 0 Å². The molecule has 0 aromatic carbocycles. The van der Waals surface area contributed by atoms with Gasteiger partial charge in [-0.1, -0.05) is 12.7 Å². The molecule has 0 fully saturated rings. The molecule has 0 saturated heterocycles. The van der Waals surface area contributed by atoms with E-state index in [2.05, 4.69) is 25.9 Å². The van der Waals surface area contributed by atoms with Gasteiger partial charge in [-0.2, -0.15) is 0 Å². The van der Waals surface area contributed by atoms with E-state index < -0.39 is 23.9 Å². The summed E-state index contributed by atoms with van der Waals surface area (Å²) in [5.74, 6) is -4.23. The quantitative estimate of drug-likeness (QED) is 0.598. The van der Waals surface area contributed by atoms with Crippen LogP contribution in [0.2, 0.25) is 0 Å². The van der Waals surface area contributed by atoms with Crippen molar-refractivity contribution < 1.29 is 38.5 Å². The van der Waals surface area contributed by atoms with Crippen LogP contribution in [0.15, 0.2) is 36.5 Å². The van der Waals surface area contributed by atoms with Crippen molar-refractivity contribution in [3.05, 3.63) is 36.5 Å². The molecule has 0 radical (unpaired) electrons. The molecule has 0 amide bonds. The molecule has 0 saturated carbocycles. The van der Waals surface area contributed by atoms with Gasteiger partial charge in [0.2, 0.25) is 0 Å². The number of carbonyl (C=O) groups is 4. The minimum absolute atomic E-state index is 0.306. The summed E-state index contributed by atoms with van der Waals surface area (Å²) in [6.07, 6.45) is 3.03. The third-order valence-electron chi connectivity index (χ3n) is 1.65. The lowest BCUT2D eigenvalue weighted by Crippen LogP contribution is -2.26. The van der Waals surface area contributed by atoms with Crippen molar-refractivity contribution in [2.75, 3.05) is 0 Å².